The highest BCUT2D eigenvalue weighted by atomic mass is 19.4. The minimum Gasteiger partial charge on any atom is -0.444 e. The van der Waals surface area contributed by atoms with Gasteiger partial charge in [-0.05, 0) is 66.2 Å². The number of aromatic nitrogens is 1. The second-order valence-corrected chi connectivity index (χ2v) is 12.2. The SMILES string of the molecule is Cc1cc(CN2CCN(C(=O)OC(C)(C)C)CCN(C(=O)OC(C)(C)C)CC2)nc(C(=O)NCCNC(=O)C(F)(F)F)c1. The van der Waals surface area contributed by atoms with Gasteiger partial charge in [0.15, 0.2) is 0 Å². The van der Waals surface area contributed by atoms with Crippen molar-refractivity contribution in [1.29, 1.82) is 0 Å². The number of nitrogens with zero attached hydrogens (tertiary/aromatic N) is 4. The van der Waals surface area contributed by atoms with Gasteiger partial charge in [-0.25, -0.2) is 14.6 Å². The van der Waals surface area contributed by atoms with Gasteiger partial charge in [0, 0.05) is 58.9 Å². The maximum atomic E-state index is 12.9. The number of hydrogen-bond donors (Lipinski definition) is 2. The van der Waals surface area contributed by atoms with Crippen molar-refractivity contribution in [2.45, 2.75) is 72.4 Å². The molecule has 0 atom stereocenters. The lowest BCUT2D eigenvalue weighted by atomic mass is 10.2. The molecule has 242 valence electrons. The average molecular weight is 617 g/mol. The zero-order valence-corrected chi connectivity index (χ0v) is 25.9. The number of carbonyl (C=O) groups is 4. The second-order valence-electron chi connectivity index (χ2n) is 12.2. The highest BCUT2D eigenvalue weighted by Crippen LogP contribution is 2.16. The van der Waals surface area contributed by atoms with E-state index in [1.807, 2.05) is 4.90 Å². The third-order valence-electron chi connectivity index (χ3n) is 5.91. The Hall–Kier alpha value is -3.62. The van der Waals surface area contributed by atoms with Crippen molar-refractivity contribution < 1.29 is 41.8 Å². The molecule has 1 aliphatic heterocycles. The summed E-state index contributed by atoms with van der Waals surface area (Å²) in [5.74, 6) is -2.69. The van der Waals surface area contributed by atoms with Crippen LogP contribution in [-0.2, 0) is 20.8 Å². The first-order valence-electron chi connectivity index (χ1n) is 14.0. The summed E-state index contributed by atoms with van der Waals surface area (Å²) in [5.41, 5.74) is -0.0658. The molecule has 4 amide bonds. The lowest BCUT2D eigenvalue weighted by Gasteiger charge is -2.30. The Morgan fingerprint density at radius 1 is 0.791 bits per heavy atom. The van der Waals surface area contributed by atoms with Crippen molar-refractivity contribution in [2.75, 3.05) is 52.4 Å². The minimum absolute atomic E-state index is 0.0622. The Morgan fingerprint density at radius 2 is 1.26 bits per heavy atom. The molecule has 1 aromatic heterocycles. The van der Waals surface area contributed by atoms with Gasteiger partial charge in [0.1, 0.15) is 16.9 Å². The summed E-state index contributed by atoms with van der Waals surface area (Å²) in [7, 11) is 0. The van der Waals surface area contributed by atoms with Crippen molar-refractivity contribution in [3.05, 3.63) is 29.1 Å². The van der Waals surface area contributed by atoms with E-state index in [0.29, 0.717) is 31.9 Å². The predicted octanol–water partition coefficient (Wildman–Crippen LogP) is 3.09. The smallest absolute Gasteiger partial charge is 0.444 e. The van der Waals surface area contributed by atoms with E-state index in [4.69, 9.17) is 9.47 Å². The van der Waals surface area contributed by atoms with Crippen LogP contribution in [0.5, 0.6) is 0 Å². The van der Waals surface area contributed by atoms with Crippen molar-refractivity contribution in [1.82, 2.24) is 30.3 Å². The molecule has 12 nitrogen and oxygen atoms in total. The maximum absolute atomic E-state index is 12.9. The Bertz CT molecular complexity index is 1110. The van der Waals surface area contributed by atoms with Crippen LogP contribution in [0.25, 0.3) is 0 Å². The minimum atomic E-state index is -5.00. The number of ether oxygens (including phenoxy) is 2. The number of amides is 4. The van der Waals surface area contributed by atoms with E-state index in [1.165, 1.54) is 0 Å². The number of aryl methyl sites for hydroxylation is 1. The van der Waals surface area contributed by atoms with Crippen LogP contribution >= 0.6 is 0 Å². The fourth-order valence-corrected chi connectivity index (χ4v) is 3.99. The first-order valence-corrected chi connectivity index (χ1v) is 14.0. The number of rotatable bonds is 6. The Morgan fingerprint density at radius 3 is 1.72 bits per heavy atom. The zero-order chi connectivity index (χ0) is 32.6. The van der Waals surface area contributed by atoms with Gasteiger partial charge in [0.2, 0.25) is 0 Å². The summed E-state index contributed by atoms with van der Waals surface area (Å²) in [5, 5.41) is 4.14. The molecular weight excluding hydrogens is 573 g/mol. The molecule has 2 heterocycles. The standard InChI is InChI=1S/C28H43F3N6O6/c1-19-16-20(34-21(17-19)22(38)32-8-9-33-23(39)28(29,30)31)18-35-10-12-36(24(40)42-26(2,3)4)14-15-37(13-11-35)25(41)43-27(5,6)7/h16-17H,8-15,18H2,1-7H3,(H,32,38)(H,33,39). The molecule has 0 radical (unpaired) electrons. The molecular formula is C28H43F3N6O6. The molecule has 0 unspecified atom stereocenters. The van der Waals surface area contributed by atoms with Gasteiger partial charge >= 0.3 is 24.3 Å². The van der Waals surface area contributed by atoms with E-state index in [9.17, 15) is 32.3 Å². The van der Waals surface area contributed by atoms with Crippen LogP contribution in [0.2, 0.25) is 0 Å². The van der Waals surface area contributed by atoms with Crippen LogP contribution in [0.1, 0.15) is 63.3 Å². The summed E-state index contributed by atoms with van der Waals surface area (Å²) in [6.45, 7) is 14.1. The summed E-state index contributed by atoms with van der Waals surface area (Å²) in [4.78, 5) is 59.0. The van der Waals surface area contributed by atoms with E-state index < -0.39 is 47.9 Å². The lowest BCUT2D eigenvalue weighted by molar-refractivity contribution is -0.173. The van der Waals surface area contributed by atoms with Crippen molar-refractivity contribution >= 4 is 24.0 Å². The topological polar surface area (TPSA) is 133 Å². The van der Waals surface area contributed by atoms with Crippen LogP contribution in [0.3, 0.4) is 0 Å². The molecule has 0 spiro atoms. The molecule has 43 heavy (non-hydrogen) atoms. The van der Waals surface area contributed by atoms with E-state index in [1.54, 1.807) is 75.7 Å². The molecule has 0 bridgehead atoms. The van der Waals surface area contributed by atoms with E-state index in [2.05, 4.69) is 10.3 Å². The van der Waals surface area contributed by atoms with Gasteiger partial charge in [-0.2, -0.15) is 13.2 Å². The summed E-state index contributed by atoms with van der Waals surface area (Å²) in [6.07, 6.45) is -6.01. The first-order chi connectivity index (χ1) is 19.7. The van der Waals surface area contributed by atoms with Gasteiger partial charge in [-0.1, -0.05) is 0 Å². The van der Waals surface area contributed by atoms with Gasteiger partial charge in [0.25, 0.3) is 5.91 Å². The first kappa shape index (κ1) is 35.6. The largest absolute Gasteiger partial charge is 0.471 e. The molecule has 1 aliphatic rings. The monoisotopic (exact) mass is 616 g/mol. The number of hydrogen-bond acceptors (Lipinski definition) is 8. The second kappa shape index (κ2) is 14.7. The van der Waals surface area contributed by atoms with Crippen molar-refractivity contribution in [2.24, 2.45) is 0 Å². The fraction of sp³-hybridized carbons (Fsp3) is 0.679. The average Bonchev–Trinajstić information content (AvgIpc) is 2.94. The Kier molecular flexibility index (Phi) is 12.2. The molecule has 1 fully saturated rings. The predicted molar refractivity (Wildman–Crippen MR) is 151 cm³/mol. The van der Waals surface area contributed by atoms with E-state index >= 15 is 0 Å². The van der Waals surface area contributed by atoms with Crippen molar-refractivity contribution in [3.8, 4) is 0 Å². The summed E-state index contributed by atoms with van der Waals surface area (Å²) < 4.78 is 48.2. The molecule has 0 saturated carbocycles. The van der Waals surface area contributed by atoms with Crippen LogP contribution < -0.4 is 10.6 Å². The van der Waals surface area contributed by atoms with Gasteiger partial charge in [-0.15, -0.1) is 0 Å². The summed E-state index contributed by atoms with van der Waals surface area (Å²) in [6, 6.07) is 3.34. The maximum Gasteiger partial charge on any atom is 0.471 e. The Labute approximate surface area is 250 Å². The molecule has 0 aliphatic carbocycles. The number of halogens is 3. The third kappa shape index (κ3) is 13.1. The van der Waals surface area contributed by atoms with Crippen molar-refractivity contribution in [3.63, 3.8) is 0 Å². The number of alkyl halides is 3. The normalized spacial score (nSPS) is 15.6. The van der Waals surface area contributed by atoms with E-state index in [-0.39, 0.29) is 31.9 Å². The van der Waals surface area contributed by atoms with Crippen LogP contribution in [0.15, 0.2) is 12.1 Å². The molecule has 1 saturated heterocycles. The fourth-order valence-electron chi connectivity index (χ4n) is 3.99. The van der Waals surface area contributed by atoms with Gasteiger partial charge in [0.05, 0.1) is 5.69 Å². The molecule has 2 rings (SSSR count). The number of nitrogens with one attached hydrogen (secondary N) is 2. The number of carbonyl (C=O) groups excluding carboxylic acids is 4. The van der Waals surface area contributed by atoms with E-state index in [0.717, 1.165) is 5.56 Å². The Balaban J connectivity index is 2.16. The van der Waals surface area contributed by atoms with Crippen LogP contribution in [0, 0.1) is 6.92 Å². The zero-order valence-electron chi connectivity index (χ0n) is 25.9. The van der Waals surface area contributed by atoms with Gasteiger partial charge in [-0.3, -0.25) is 14.5 Å². The molecule has 2 N–H and O–H groups in total. The highest BCUT2D eigenvalue weighted by Gasteiger charge is 2.38. The third-order valence-corrected chi connectivity index (χ3v) is 5.91. The highest BCUT2D eigenvalue weighted by molar-refractivity contribution is 5.92. The lowest BCUT2D eigenvalue weighted by Crippen LogP contribution is -2.44. The van der Waals surface area contributed by atoms with Gasteiger partial charge < -0.3 is 29.9 Å². The molecule has 1 aromatic rings. The van der Waals surface area contributed by atoms with Crippen LogP contribution in [0.4, 0.5) is 22.8 Å². The number of pyridine rings is 1. The van der Waals surface area contributed by atoms with Crippen LogP contribution in [-0.4, -0.2) is 113 Å². The molecule has 15 heteroatoms. The quantitative estimate of drug-likeness (QED) is 0.466. The summed E-state index contributed by atoms with van der Waals surface area (Å²) >= 11 is 0. The molecule has 0 aromatic carbocycles.